The fourth-order valence-corrected chi connectivity index (χ4v) is 5.50. The van der Waals surface area contributed by atoms with E-state index in [1.54, 1.807) is 40.8 Å². The number of anilines is 1. The summed E-state index contributed by atoms with van der Waals surface area (Å²) in [6, 6.07) is 11.8. The van der Waals surface area contributed by atoms with E-state index in [0.717, 1.165) is 43.5 Å². The van der Waals surface area contributed by atoms with Gasteiger partial charge in [0.05, 0.1) is 15.2 Å². The molecule has 3 aromatic heterocycles. The van der Waals surface area contributed by atoms with Gasteiger partial charge in [0.25, 0.3) is 0 Å². The Morgan fingerprint density at radius 2 is 2.05 bits per heavy atom. The summed E-state index contributed by atoms with van der Waals surface area (Å²) in [6.45, 7) is 11.4. The summed E-state index contributed by atoms with van der Waals surface area (Å²) < 4.78 is 3.12. The third kappa shape index (κ3) is 7.49. The van der Waals surface area contributed by atoms with Crippen molar-refractivity contribution in [3.63, 3.8) is 0 Å². The molecule has 38 heavy (non-hydrogen) atoms. The van der Waals surface area contributed by atoms with E-state index in [9.17, 15) is 9.59 Å². The SMILES string of the molecule is C=C(C)CN(C)CCc1nc2ccccc2s1.CC1CCCN(C(=O)C(=O)Nc2ccn3ccnc3c2)C1. The van der Waals surface area contributed by atoms with Crippen LogP contribution in [0.15, 0.2) is 67.1 Å². The van der Waals surface area contributed by atoms with Gasteiger partial charge in [0.15, 0.2) is 0 Å². The highest BCUT2D eigenvalue weighted by Gasteiger charge is 2.26. The lowest BCUT2D eigenvalue weighted by atomic mass is 10.0. The zero-order valence-electron chi connectivity index (χ0n) is 22.4. The second kappa shape index (κ2) is 12.8. The maximum Gasteiger partial charge on any atom is 0.313 e. The fourth-order valence-electron chi connectivity index (χ4n) is 4.54. The van der Waals surface area contributed by atoms with E-state index in [2.05, 4.69) is 65.9 Å². The van der Waals surface area contributed by atoms with E-state index in [0.29, 0.717) is 24.7 Å². The van der Waals surface area contributed by atoms with Crippen LogP contribution < -0.4 is 5.32 Å². The number of likely N-dealkylation sites (tertiary alicyclic amines) is 1. The molecule has 0 saturated carbocycles. The Kier molecular flexibility index (Phi) is 9.25. The molecule has 9 heteroatoms. The number of nitrogens with zero attached hydrogens (tertiary/aromatic N) is 5. The van der Waals surface area contributed by atoms with Gasteiger partial charge in [0.1, 0.15) is 5.65 Å². The van der Waals surface area contributed by atoms with Gasteiger partial charge in [0.2, 0.25) is 0 Å². The Morgan fingerprint density at radius 3 is 2.82 bits per heavy atom. The standard InChI is InChI=1S/C15H18N4O2.C14H18N2S/c1-11-3-2-6-19(10-11)15(21)14(20)17-12-4-7-18-8-5-16-13(18)9-12;1-11(2)10-16(3)9-8-14-15-12-6-4-5-7-13(12)17-14/h4-5,7-9,11H,2-3,6,10H2,1H3,(H,17,20);4-7H,1,8-10H2,2-3H3. The number of fused-ring (bicyclic) bond motifs is 2. The first-order valence-corrected chi connectivity index (χ1v) is 13.8. The number of carbonyl (C=O) groups excluding carboxylic acids is 2. The Morgan fingerprint density at radius 1 is 1.24 bits per heavy atom. The molecule has 1 saturated heterocycles. The van der Waals surface area contributed by atoms with Crippen LogP contribution in [-0.2, 0) is 16.0 Å². The Bertz CT molecular complexity index is 1380. The highest BCUT2D eigenvalue weighted by molar-refractivity contribution is 7.18. The number of piperidine rings is 1. The van der Waals surface area contributed by atoms with Gasteiger partial charge in [-0.25, -0.2) is 9.97 Å². The van der Waals surface area contributed by atoms with Crippen molar-refractivity contribution < 1.29 is 9.59 Å². The van der Waals surface area contributed by atoms with Gasteiger partial charge in [0, 0.05) is 62.9 Å². The van der Waals surface area contributed by atoms with E-state index in [-0.39, 0.29) is 0 Å². The quantitative estimate of drug-likeness (QED) is 0.283. The third-order valence-corrected chi connectivity index (χ3v) is 7.48. The molecule has 0 aliphatic carbocycles. The second-order valence-corrected chi connectivity index (χ2v) is 11.2. The van der Waals surface area contributed by atoms with Gasteiger partial charge < -0.3 is 19.5 Å². The maximum absolute atomic E-state index is 12.2. The topological polar surface area (TPSA) is 82.8 Å². The van der Waals surface area contributed by atoms with Crippen molar-refractivity contribution in [3.05, 3.63) is 72.1 Å². The Labute approximate surface area is 228 Å². The monoisotopic (exact) mass is 532 g/mol. The molecule has 1 fully saturated rings. The van der Waals surface area contributed by atoms with Crippen molar-refractivity contribution >= 4 is 44.7 Å². The molecule has 1 aliphatic heterocycles. The van der Waals surface area contributed by atoms with Crippen molar-refractivity contribution in [2.24, 2.45) is 5.92 Å². The summed E-state index contributed by atoms with van der Waals surface area (Å²) in [4.78, 5) is 36.9. The number of hydrogen-bond acceptors (Lipinski definition) is 6. The molecule has 1 aromatic carbocycles. The van der Waals surface area contributed by atoms with Crippen LogP contribution in [0.4, 0.5) is 5.69 Å². The number of thiazole rings is 1. The van der Waals surface area contributed by atoms with Gasteiger partial charge in [-0.2, -0.15) is 0 Å². The van der Waals surface area contributed by atoms with Crippen LogP contribution >= 0.6 is 11.3 Å². The fraction of sp³-hybridized carbons (Fsp3) is 0.379. The van der Waals surface area contributed by atoms with Crippen LogP contribution in [-0.4, -0.2) is 69.2 Å². The van der Waals surface area contributed by atoms with Crippen molar-refractivity contribution in [1.82, 2.24) is 24.2 Å². The number of likely N-dealkylation sites (N-methyl/N-ethyl adjacent to an activating group) is 1. The predicted octanol–water partition coefficient (Wildman–Crippen LogP) is 4.88. The van der Waals surface area contributed by atoms with Gasteiger partial charge in [-0.15, -0.1) is 11.3 Å². The molecule has 0 bridgehead atoms. The summed E-state index contributed by atoms with van der Waals surface area (Å²) in [6.07, 6.45) is 8.39. The van der Waals surface area contributed by atoms with E-state index in [1.165, 1.54) is 15.3 Å². The molecule has 4 aromatic rings. The third-order valence-electron chi connectivity index (χ3n) is 6.38. The molecule has 200 valence electrons. The maximum atomic E-state index is 12.2. The summed E-state index contributed by atoms with van der Waals surface area (Å²) in [5, 5.41) is 3.87. The number of aromatic nitrogens is 3. The molecule has 2 amide bonds. The first kappa shape index (κ1) is 27.5. The predicted molar refractivity (Wildman–Crippen MR) is 154 cm³/mol. The summed E-state index contributed by atoms with van der Waals surface area (Å²) >= 11 is 1.80. The molecule has 1 aliphatic rings. The first-order valence-electron chi connectivity index (χ1n) is 13.0. The molecule has 5 rings (SSSR count). The van der Waals surface area contributed by atoms with Gasteiger partial charge in [-0.1, -0.05) is 31.2 Å². The number of carbonyl (C=O) groups is 2. The van der Waals surface area contributed by atoms with E-state index < -0.39 is 11.8 Å². The van der Waals surface area contributed by atoms with Crippen LogP contribution in [0.5, 0.6) is 0 Å². The van der Waals surface area contributed by atoms with E-state index >= 15 is 0 Å². The molecule has 1 unspecified atom stereocenters. The minimum Gasteiger partial charge on any atom is -0.334 e. The second-order valence-electron chi connectivity index (χ2n) is 10.1. The molecule has 1 atom stereocenters. The van der Waals surface area contributed by atoms with Gasteiger partial charge in [-0.3, -0.25) is 9.59 Å². The summed E-state index contributed by atoms with van der Waals surface area (Å²) in [5.74, 6) is -0.582. The van der Waals surface area contributed by atoms with Crippen LogP contribution in [0.25, 0.3) is 15.9 Å². The van der Waals surface area contributed by atoms with E-state index in [4.69, 9.17) is 0 Å². The number of para-hydroxylation sites is 1. The number of benzene rings is 1. The molecular formula is C29H36N6O2S. The number of pyridine rings is 1. The van der Waals surface area contributed by atoms with Crippen molar-refractivity contribution in [3.8, 4) is 0 Å². The average molecular weight is 533 g/mol. The Hall–Kier alpha value is -3.56. The number of hydrogen-bond donors (Lipinski definition) is 1. The lowest BCUT2D eigenvalue weighted by Gasteiger charge is -2.30. The van der Waals surface area contributed by atoms with Crippen LogP contribution in [0.1, 0.15) is 31.7 Å². The lowest BCUT2D eigenvalue weighted by molar-refractivity contribution is -0.144. The molecular weight excluding hydrogens is 496 g/mol. The normalized spacial score (nSPS) is 15.4. The molecule has 0 spiro atoms. The van der Waals surface area contributed by atoms with Crippen molar-refractivity contribution in [2.75, 3.05) is 38.5 Å². The summed E-state index contributed by atoms with van der Waals surface area (Å²) in [7, 11) is 2.13. The highest BCUT2D eigenvalue weighted by atomic mass is 32.1. The van der Waals surface area contributed by atoms with Crippen molar-refractivity contribution in [2.45, 2.75) is 33.1 Å². The molecule has 4 heterocycles. The molecule has 1 N–H and O–H groups in total. The van der Waals surface area contributed by atoms with Crippen LogP contribution in [0.2, 0.25) is 0 Å². The number of rotatable bonds is 6. The first-order chi connectivity index (χ1) is 18.3. The van der Waals surface area contributed by atoms with Gasteiger partial charge >= 0.3 is 11.8 Å². The molecule has 8 nitrogen and oxygen atoms in total. The average Bonchev–Trinajstić information content (AvgIpc) is 3.53. The lowest BCUT2D eigenvalue weighted by Crippen LogP contribution is -2.44. The minimum absolute atomic E-state index is 0.454. The summed E-state index contributed by atoms with van der Waals surface area (Å²) in [5.41, 5.74) is 3.64. The zero-order chi connectivity index (χ0) is 27.1. The largest absolute Gasteiger partial charge is 0.334 e. The minimum atomic E-state index is -0.583. The molecule has 0 radical (unpaired) electrons. The van der Waals surface area contributed by atoms with Crippen LogP contribution in [0.3, 0.4) is 0 Å². The number of amides is 2. The number of nitrogens with one attached hydrogen (secondary N) is 1. The number of imidazole rings is 1. The van der Waals surface area contributed by atoms with Gasteiger partial charge in [-0.05, 0) is 50.9 Å². The van der Waals surface area contributed by atoms with E-state index in [1.807, 2.05) is 16.7 Å². The van der Waals surface area contributed by atoms with Crippen LogP contribution in [0, 0.1) is 5.92 Å². The smallest absolute Gasteiger partial charge is 0.313 e. The van der Waals surface area contributed by atoms with Crippen molar-refractivity contribution in [1.29, 1.82) is 0 Å². The highest BCUT2D eigenvalue weighted by Crippen LogP contribution is 2.22. The zero-order valence-corrected chi connectivity index (χ0v) is 23.2. The Balaban J connectivity index is 0.000000181.